The van der Waals surface area contributed by atoms with Crippen LogP contribution in [-0.4, -0.2) is 37.8 Å². The molecule has 0 saturated carbocycles. The molecule has 0 atom stereocenters. The van der Waals surface area contributed by atoms with Crippen LogP contribution >= 0.6 is 0 Å². The molecule has 0 aliphatic carbocycles. The second-order valence-electron chi connectivity index (χ2n) is 3.59. The van der Waals surface area contributed by atoms with Crippen molar-refractivity contribution in [3.8, 4) is 11.8 Å². The Labute approximate surface area is 125 Å². The van der Waals surface area contributed by atoms with Crippen molar-refractivity contribution in [1.82, 2.24) is 4.98 Å². The summed E-state index contributed by atoms with van der Waals surface area (Å²) in [6.45, 7) is 4.32. The third-order valence-electron chi connectivity index (χ3n) is 2.32. The molecule has 0 aliphatic rings. The molecule has 19 heavy (non-hydrogen) atoms. The van der Waals surface area contributed by atoms with Crippen LogP contribution in [0.3, 0.4) is 0 Å². The second-order valence-corrected chi connectivity index (χ2v) is 7.45. The zero-order valence-corrected chi connectivity index (χ0v) is 14.3. The van der Waals surface area contributed by atoms with Crippen LogP contribution < -0.4 is 0 Å². The van der Waals surface area contributed by atoms with E-state index in [2.05, 4.69) is 29.0 Å². The van der Waals surface area contributed by atoms with Gasteiger partial charge in [0.15, 0.2) is 0 Å². The van der Waals surface area contributed by atoms with Gasteiger partial charge >= 0.3 is 112 Å². The van der Waals surface area contributed by atoms with Crippen molar-refractivity contribution < 1.29 is 5.11 Å². The van der Waals surface area contributed by atoms with Gasteiger partial charge in [-0.05, 0) is 0 Å². The van der Waals surface area contributed by atoms with Crippen LogP contribution in [0, 0.1) is 11.8 Å². The summed E-state index contributed by atoms with van der Waals surface area (Å²) in [5.74, 6) is 6.25. The van der Waals surface area contributed by atoms with E-state index in [1.807, 2.05) is 38.1 Å². The van der Waals surface area contributed by atoms with Crippen molar-refractivity contribution in [2.75, 3.05) is 6.61 Å². The van der Waals surface area contributed by atoms with Gasteiger partial charge in [-0.15, -0.1) is 0 Å². The van der Waals surface area contributed by atoms with Crippen molar-refractivity contribution in [2.24, 2.45) is 0 Å². The van der Waals surface area contributed by atoms with Crippen LogP contribution in [0.2, 0.25) is 8.87 Å². The number of pyridine rings is 1. The van der Waals surface area contributed by atoms with E-state index in [-0.39, 0.29) is 0 Å². The van der Waals surface area contributed by atoms with E-state index in [0.717, 1.165) is 25.5 Å². The van der Waals surface area contributed by atoms with Gasteiger partial charge in [-0.1, -0.05) is 13.8 Å². The Kier molecular flexibility index (Phi) is 8.27. The number of hydrogen-bond donors (Lipinski definition) is 1. The van der Waals surface area contributed by atoms with Crippen molar-refractivity contribution in [2.45, 2.75) is 22.7 Å². The molecule has 0 unspecified atom stereocenters. The van der Waals surface area contributed by atoms with Crippen molar-refractivity contribution in [1.29, 1.82) is 0 Å². The molecule has 3 heteroatoms. The Morgan fingerprint density at radius 3 is 2.74 bits per heavy atom. The number of aromatic nitrogens is 1. The zero-order valence-electron chi connectivity index (χ0n) is 11.5. The van der Waals surface area contributed by atoms with Gasteiger partial charge in [0.25, 0.3) is 0 Å². The Bertz CT molecular complexity index is 557. The maximum absolute atomic E-state index is 8.68. The number of aliphatic hydroxyl groups is 1. The van der Waals surface area contributed by atoms with E-state index in [0.29, 0.717) is 6.61 Å². The predicted octanol–water partition coefficient (Wildman–Crippen LogP) is 3.15. The van der Waals surface area contributed by atoms with Crippen LogP contribution in [0.15, 0.2) is 36.4 Å². The average Bonchev–Trinajstić information content (AvgIpc) is 2.49. The second kappa shape index (κ2) is 9.82. The summed E-state index contributed by atoms with van der Waals surface area (Å²) in [6.07, 6.45) is 0. The molecule has 98 valence electrons. The quantitative estimate of drug-likeness (QED) is 0.518. The van der Waals surface area contributed by atoms with Gasteiger partial charge in [0.2, 0.25) is 0 Å². The molecule has 1 aromatic heterocycles. The number of aliphatic hydroxyl groups excluding tert-OH is 1. The van der Waals surface area contributed by atoms with Crippen molar-refractivity contribution in [3.05, 3.63) is 42.1 Å². The molecule has 2 rings (SSSR count). The summed E-state index contributed by atoms with van der Waals surface area (Å²) in [5, 5.41) is 9.83. The molecular formula is C16H19NOSn. The number of hydrogen-bond acceptors (Lipinski definition) is 2. The predicted molar refractivity (Wildman–Crippen MR) is 82.4 cm³/mol. The molecule has 0 aliphatic heterocycles. The van der Waals surface area contributed by atoms with Crippen LogP contribution in [-0.2, 0) is 0 Å². The van der Waals surface area contributed by atoms with E-state index < -0.39 is 21.1 Å². The fourth-order valence-corrected chi connectivity index (χ4v) is 3.07. The van der Waals surface area contributed by atoms with Crippen LogP contribution in [0.25, 0.3) is 10.9 Å². The van der Waals surface area contributed by atoms with Crippen LogP contribution in [0.1, 0.15) is 19.5 Å². The first-order chi connectivity index (χ1) is 9.40. The molecule has 0 fully saturated rings. The van der Waals surface area contributed by atoms with Gasteiger partial charge in [-0.3, -0.25) is 0 Å². The Hall–Kier alpha value is -1.05. The molecule has 0 saturated heterocycles. The first-order valence-electron chi connectivity index (χ1n) is 6.56. The first kappa shape index (κ1) is 16.0. The number of para-hydroxylation sites is 1. The zero-order chi connectivity index (χ0) is 13.9. The minimum absolute atomic E-state index is 0.321. The van der Waals surface area contributed by atoms with Crippen molar-refractivity contribution >= 4 is 32.0 Å². The van der Waals surface area contributed by atoms with Gasteiger partial charge in [-0.2, -0.15) is 0 Å². The SMILES string of the molecule is CC.OC[CH2][Sn][CH2]C#Cc1ccc2ccccc2n1. The fourth-order valence-electron chi connectivity index (χ4n) is 1.50. The summed E-state index contributed by atoms with van der Waals surface area (Å²) >= 11 is -0.452. The van der Waals surface area contributed by atoms with Gasteiger partial charge in [0.1, 0.15) is 0 Å². The molecule has 1 heterocycles. The minimum atomic E-state index is -0.452. The number of rotatable bonds is 3. The monoisotopic (exact) mass is 361 g/mol. The van der Waals surface area contributed by atoms with E-state index in [4.69, 9.17) is 5.11 Å². The molecule has 2 aromatic rings. The molecule has 0 bridgehead atoms. The summed E-state index contributed by atoms with van der Waals surface area (Å²) in [7, 11) is 0. The molecular weight excluding hydrogens is 341 g/mol. The van der Waals surface area contributed by atoms with E-state index in [1.165, 1.54) is 0 Å². The first-order valence-corrected chi connectivity index (χ1v) is 10.6. The normalized spacial score (nSPS) is 9.21. The van der Waals surface area contributed by atoms with Crippen molar-refractivity contribution in [3.63, 3.8) is 0 Å². The molecule has 2 nitrogen and oxygen atoms in total. The Morgan fingerprint density at radius 1 is 1.16 bits per heavy atom. The van der Waals surface area contributed by atoms with Gasteiger partial charge in [0, 0.05) is 0 Å². The summed E-state index contributed by atoms with van der Waals surface area (Å²) in [4.78, 5) is 4.49. The average molecular weight is 360 g/mol. The standard InChI is InChI=1S/C12H8N.C2H5O.C2H6.Sn/c1-2-5-11-9-8-10-6-3-4-7-12(10)13-11;1-2-3;1-2;/h3-4,6-9H,1H2;3H,1-2H2;1-2H3;. The van der Waals surface area contributed by atoms with Gasteiger partial charge in [0.05, 0.1) is 0 Å². The van der Waals surface area contributed by atoms with Gasteiger partial charge in [-0.25, -0.2) is 0 Å². The molecule has 1 N–H and O–H groups in total. The Morgan fingerprint density at radius 2 is 1.95 bits per heavy atom. The maximum atomic E-state index is 8.68. The van der Waals surface area contributed by atoms with Crippen LogP contribution in [0.5, 0.6) is 0 Å². The van der Waals surface area contributed by atoms with E-state index >= 15 is 0 Å². The van der Waals surface area contributed by atoms with E-state index in [9.17, 15) is 0 Å². The topological polar surface area (TPSA) is 33.1 Å². The van der Waals surface area contributed by atoms with E-state index in [1.54, 1.807) is 0 Å². The molecule has 0 spiro atoms. The van der Waals surface area contributed by atoms with Gasteiger partial charge < -0.3 is 0 Å². The summed E-state index contributed by atoms with van der Waals surface area (Å²) in [5.41, 5.74) is 1.83. The third kappa shape index (κ3) is 5.62. The molecule has 0 amide bonds. The fraction of sp³-hybridized carbons (Fsp3) is 0.312. The molecule has 2 radical (unpaired) electrons. The Balaban J connectivity index is 0.000000861. The third-order valence-corrected chi connectivity index (χ3v) is 5.18. The number of nitrogens with zero attached hydrogens (tertiary/aromatic N) is 1. The number of benzene rings is 1. The summed E-state index contributed by atoms with van der Waals surface area (Å²) < 4.78 is 1.97. The molecule has 1 aromatic carbocycles. The van der Waals surface area contributed by atoms with Crippen LogP contribution in [0.4, 0.5) is 0 Å². The summed E-state index contributed by atoms with van der Waals surface area (Å²) in [6, 6.07) is 12.1. The number of fused-ring (bicyclic) bond motifs is 1.